The Morgan fingerprint density at radius 3 is 2.56 bits per heavy atom. The zero-order valence-electron chi connectivity index (χ0n) is 13.4. The summed E-state index contributed by atoms with van der Waals surface area (Å²) in [6.45, 7) is 3.12. The van der Waals surface area contributed by atoms with Gasteiger partial charge in [0.05, 0.1) is 16.8 Å². The molecule has 0 amide bonds. The van der Waals surface area contributed by atoms with Gasteiger partial charge in [0, 0.05) is 12.8 Å². The summed E-state index contributed by atoms with van der Waals surface area (Å²) in [5.74, 6) is -0.447. The predicted octanol–water partition coefficient (Wildman–Crippen LogP) is 3.52. The van der Waals surface area contributed by atoms with Crippen molar-refractivity contribution in [2.24, 2.45) is 4.99 Å². The Morgan fingerprint density at radius 2 is 2.00 bits per heavy atom. The topological polar surface area (TPSA) is 78.4 Å². The molecule has 0 unspecified atom stereocenters. The van der Waals surface area contributed by atoms with Gasteiger partial charge in [-0.05, 0) is 31.5 Å². The Labute approximate surface area is 141 Å². The molecule has 0 saturated heterocycles. The fraction of sp³-hybridized carbons (Fsp3) is 0.235. The lowest BCUT2D eigenvalue weighted by Crippen LogP contribution is -2.24. The third-order valence-corrected chi connectivity index (χ3v) is 3.70. The standard InChI is InChI=1S/C17H14F3N3O2/c1-3-23-15(24)11(8-21)10(2)12(16(23)25)9-22-14-7-5-4-6-13(14)17(18,19)20/h4-7,9,25H,3H2,1-2H3. The summed E-state index contributed by atoms with van der Waals surface area (Å²) in [7, 11) is 0. The summed E-state index contributed by atoms with van der Waals surface area (Å²) in [5.41, 5.74) is -1.93. The minimum absolute atomic E-state index is 0.0231. The van der Waals surface area contributed by atoms with Crippen LogP contribution >= 0.6 is 0 Å². The number of halogens is 3. The fourth-order valence-electron chi connectivity index (χ4n) is 2.38. The molecule has 5 nitrogen and oxygen atoms in total. The average Bonchev–Trinajstić information content (AvgIpc) is 2.55. The first-order valence-electron chi connectivity index (χ1n) is 7.29. The van der Waals surface area contributed by atoms with Gasteiger partial charge in [-0.3, -0.25) is 14.4 Å². The van der Waals surface area contributed by atoms with Gasteiger partial charge in [-0.15, -0.1) is 0 Å². The number of para-hydroxylation sites is 1. The highest BCUT2D eigenvalue weighted by Crippen LogP contribution is 2.36. The van der Waals surface area contributed by atoms with E-state index in [1.807, 2.05) is 0 Å². The maximum absolute atomic E-state index is 13.0. The predicted molar refractivity (Wildman–Crippen MR) is 86.2 cm³/mol. The molecule has 1 heterocycles. The van der Waals surface area contributed by atoms with Crippen molar-refractivity contribution in [3.63, 3.8) is 0 Å². The fourth-order valence-corrected chi connectivity index (χ4v) is 2.38. The number of aromatic nitrogens is 1. The number of hydrogen-bond donors (Lipinski definition) is 1. The second-order valence-corrected chi connectivity index (χ2v) is 5.17. The first-order chi connectivity index (χ1) is 11.7. The molecule has 0 saturated carbocycles. The van der Waals surface area contributed by atoms with Crippen LogP contribution in [0.4, 0.5) is 18.9 Å². The summed E-state index contributed by atoms with van der Waals surface area (Å²) in [6.07, 6.45) is -3.55. The first-order valence-corrected chi connectivity index (χ1v) is 7.29. The molecule has 1 aromatic heterocycles. The minimum atomic E-state index is -4.58. The molecule has 0 aliphatic rings. The minimum Gasteiger partial charge on any atom is -0.494 e. The summed E-state index contributed by atoms with van der Waals surface area (Å²) in [6, 6.07) is 6.49. The van der Waals surface area contributed by atoms with Gasteiger partial charge in [0.15, 0.2) is 0 Å². The van der Waals surface area contributed by atoms with Crippen LogP contribution in [0.15, 0.2) is 34.1 Å². The Morgan fingerprint density at radius 1 is 1.36 bits per heavy atom. The smallest absolute Gasteiger partial charge is 0.418 e. The van der Waals surface area contributed by atoms with E-state index < -0.39 is 23.2 Å². The highest BCUT2D eigenvalue weighted by Gasteiger charge is 2.33. The third-order valence-electron chi connectivity index (χ3n) is 3.70. The molecule has 25 heavy (non-hydrogen) atoms. The molecule has 0 bridgehead atoms. The van der Waals surface area contributed by atoms with Crippen molar-refractivity contribution in [1.29, 1.82) is 5.26 Å². The molecule has 1 N–H and O–H groups in total. The number of rotatable bonds is 3. The number of hydrogen-bond acceptors (Lipinski definition) is 4. The van der Waals surface area contributed by atoms with Crippen LogP contribution < -0.4 is 5.56 Å². The number of nitriles is 1. The lowest BCUT2D eigenvalue weighted by molar-refractivity contribution is -0.137. The molecule has 2 rings (SSSR count). The van der Waals surface area contributed by atoms with Crippen LogP contribution in [0, 0.1) is 18.3 Å². The zero-order chi connectivity index (χ0) is 18.8. The van der Waals surface area contributed by atoms with Gasteiger partial charge in [0.1, 0.15) is 11.6 Å². The van der Waals surface area contributed by atoms with Gasteiger partial charge in [-0.1, -0.05) is 12.1 Å². The van der Waals surface area contributed by atoms with Crippen LogP contribution in [0.25, 0.3) is 0 Å². The maximum atomic E-state index is 13.0. The number of benzene rings is 1. The summed E-state index contributed by atoms with van der Waals surface area (Å²) in [4.78, 5) is 15.9. The quantitative estimate of drug-likeness (QED) is 0.861. The van der Waals surface area contributed by atoms with Crippen molar-refractivity contribution >= 4 is 11.9 Å². The molecule has 2 aromatic rings. The monoisotopic (exact) mass is 349 g/mol. The normalized spacial score (nSPS) is 11.7. The van der Waals surface area contributed by atoms with E-state index >= 15 is 0 Å². The van der Waals surface area contributed by atoms with E-state index in [9.17, 15) is 23.1 Å². The van der Waals surface area contributed by atoms with Crippen LogP contribution in [0.1, 0.15) is 29.2 Å². The maximum Gasteiger partial charge on any atom is 0.418 e. The van der Waals surface area contributed by atoms with E-state index in [1.54, 1.807) is 13.0 Å². The van der Waals surface area contributed by atoms with Crippen molar-refractivity contribution in [3.05, 3.63) is 56.9 Å². The average molecular weight is 349 g/mol. The van der Waals surface area contributed by atoms with Gasteiger partial charge in [0.25, 0.3) is 5.56 Å². The van der Waals surface area contributed by atoms with Crippen LogP contribution in [-0.2, 0) is 12.7 Å². The van der Waals surface area contributed by atoms with E-state index in [-0.39, 0.29) is 28.9 Å². The molecule has 8 heteroatoms. The van der Waals surface area contributed by atoms with Gasteiger partial charge >= 0.3 is 6.18 Å². The van der Waals surface area contributed by atoms with E-state index in [0.717, 1.165) is 16.8 Å². The van der Waals surface area contributed by atoms with E-state index in [4.69, 9.17) is 5.26 Å². The Balaban J connectivity index is 2.66. The largest absolute Gasteiger partial charge is 0.494 e. The van der Waals surface area contributed by atoms with Crippen LogP contribution in [0.2, 0.25) is 0 Å². The van der Waals surface area contributed by atoms with Crippen molar-refractivity contribution in [3.8, 4) is 11.9 Å². The Kier molecular flexibility index (Phi) is 4.97. The van der Waals surface area contributed by atoms with Gasteiger partial charge in [-0.25, -0.2) is 0 Å². The van der Waals surface area contributed by atoms with E-state index in [1.165, 1.54) is 25.1 Å². The first kappa shape index (κ1) is 18.3. The second-order valence-electron chi connectivity index (χ2n) is 5.17. The number of aromatic hydroxyl groups is 1. The molecule has 0 aliphatic carbocycles. The van der Waals surface area contributed by atoms with E-state index in [0.29, 0.717) is 0 Å². The molecule has 0 fully saturated rings. The molecule has 0 radical (unpaired) electrons. The van der Waals surface area contributed by atoms with Gasteiger partial charge in [-0.2, -0.15) is 18.4 Å². The summed E-state index contributed by atoms with van der Waals surface area (Å²) in [5, 5.41) is 19.4. The van der Waals surface area contributed by atoms with Crippen LogP contribution in [0.5, 0.6) is 5.88 Å². The third kappa shape index (κ3) is 3.40. The Bertz CT molecular complexity index is 938. The molecular weight excluding hydrogens is 335 g/mol. The van der Waals surface area contributed by atoms with E-state index in [2.05, 4.69) is 4.99 Å². The van der Waals surface area contributed by atoms with Crippen molar-refractivity contribution in [2.75, 3.05) is 0 Å². The molecule has 0 aliphatic heterocycles. The molecule has 130 valence electrons. The lowest BCUT2D eigenvalue weighted by atomic mass is 10.1. The Hall–Kier alpha value is -3.08. The summed E-state index contributed by atoms with van der Waals surface area (Å²) >= 11 is 0. The molecule has 0 spiro atoms. The van der Waals surface area contributed by atoms with Crippen molar-refractivity contribution in [2.45, 2.75) is 26.6 Å². The molecule has 0 atom stereocenters. The zero-order valence-corrected chi connectivity index (χ0v) is 13.4. The van der Waals surface area contributed by atoms with Crippen LogP contribution in [0.3, 0.4) is 0 Å². The second kappa shape index (κ2) is 6.81. The number of pyridine rings is 1. The lowest BCUT2D eigenvalue weighted by Gasteiger charge is -2.12. The SMILES string of the molecule is CCn1c(O)c(C=Nc2ccccc2C(F)(F)F)c(C)c(C#N)c1=O. The molecular formula is C17H14F3N3O2. The number of nitrogens with zero attached hydrogens (tertiary/aromatic N) is 3. The highest BCUT2D eigenvalue weighted by atomic mass is 19.4. The number of alkyl halides is 3. The molecule has 1 aromatic carbocycles. The van der Waals surface area contributed by atoms with Crippen LogP contribution in [-0.4, -0.2) is 15.9 Å². The highest BCUT2D eigenvalue weighted by molar-refractivity contribution is 5.87. The van der Waals surface area contributed by atoms with Crippen molar-refractivity contribution in [1.82, 2.24) is 4.57 Å². The van der Waals surface area contributed by atoms with Gasteiger partial charge in [0.2, 0.25) is 5.88 Å². The van der Waals surface area contributed by atoms with Crippen molar-refractivity contribution < 1.29 is 18.3 Å². The number of aliphatic imine (C=N–C) groups is 1. The van der Waals surface area contributed by atoms with Gasteiger partial charge < -0.3 is 5.11 Å². The summed E-state index contributed by atoms with van der Waals surface area (Å²) < 4.78 is 40.0.